The summed E-state index contributed by atoms with van der Waals surface area (Å²) in [5.74, 6) is -0.240. The maximum Gasteiger partial charge on any atom is 0.241 e. The van der Waals surface area contributed by atoms with Gasteiger partial charge >= 0.3 is 0 Å². The molecule has 0 fully saturated rings. The summed E-state index contributed by atoms with van der Waals surface area (Å²) in [6.45, 7) is 2.28. The van der Waals surface area contributed by atoms with E-state index in [2.05, 4.69) is 15.4 Å². The van der Waals surface area contributed by atoms with E-state index in [0.717, 1.165) is 11.4 Å². The minimum atomic E-state index is -0.710. The van der Waals surface area contributed by atoms with E-state index in [-0.39, 0.29) is 5.91 Å². The van der Waals surface area contributed by atoms with Gasteiger partial charge in [0.05, 0.1) is 18.4 Å². The molecule has 0 saturated carbocycles. The highest BCUT2D eigenvalue weighted by molar-refractivity contribution is 5.82. The van der Waals surface area contributed by atoms with Crippen LogP contribution < -0.4 is 11.1 Å². The molecule has 0 aliphatic heterocycles. The third-order valence-electron chi connectivity index (χ3n) is 2.76. The molecule has 2 heterocycles. The SMILES string of the molecule is Cc1cccc(CNC(=O)C(N)c2cnn(C)c2)n1. The van der Waals surface area contributed by atoms with Crippen molar-refractivity contribution in [3.05, 3.63) is 47.5 Å². The lowest BCUT2D eigenvalue weighted by Crippen LogP contribution is -2.33. The molecular weight excluding hydrogens is 242 g/mol. The van der Waals surface area contributed by atoms with Crippen LogP contribution in [0.1, 0.15) is 23.0 Å². The molecule has 2 aromatic rings. The summed E-state index contributed by atoms with van der Waals surface area (Å²) in [7, 11) is 1.78. The predicted octanol–water partition coefficient (Wildman–Crippen LogP) is 0.440. The number of carbonyl (C=O) groups excluding carboxylic acids is 1. The fraction of sp³-hybridized carbons (Fsp3) is 0.308. The van der Waals surface area contributed by atoms with Crippen molar-refractivity contribution in [3.8, 4) is 0 Å². The smallest absolute Gasteiger partial charge is 0.241 e. The summed E-state index contributed by atoms with van der Waals surface area (Å²) in [6, 6.07) is 4.97. The number of aromatic nitrogens is 3. The quantitative estimate of drug-likeness (QED) is 0.834. The number of carbonyl (C=O) groups is 1. The molecule has 19 heavy (non-hydrogen) atoms. The van der Waals surface area contributed by atoms with E-state index in [1.54, 1.807) is 24.1 Å². The zero-order valence-corrected chi connectivity index (χ0v) is 11.0. The van der Waals surface area contributed by atoms with E-state index in [0.29, 0.717) is 12.1 Å². The van der Waals surface area contributed by atoms with Gasteiger partial charge in [0, 0.05) is 24.5 Å². The van der Waals surface area contributed by atoms with Crippen LogP contribution in [-0.4, -0.2) is 20.7 Å². The topological polar surface area (TPSA) is 85.8 Å². The second kappa shape index (κ2) is 5.62. The van der Waals surface area contributed by atoms with Crippen LogP contribution in [0.5, 0.6) is 0 Å². The Kier molecular flexibility index (Phi) is 3.91. The fourth-order valence-electron chi connectivity index (χ4n) is 1.74. The molecule has 2 rings (SSSR count). The number of hydrogen-bond acceptors (Lipinski definition) is 4. The van der Waals surface area contributed by atoms with Crippen LogP contribution in [-0.2, 0) is 18.4 Å². The Morgan fingerprint density at radius 3 is 2.95 bits per heavy atom. The van der Waals surface area contributed by atoms with Crippen molar-refractivity contribution in [3.63, 3.8) is 0 Å². The van der Waals surface area contributed by atoms with E-state index in [1.165, 1.54) is 0 Å². The lowest BCUT2D eigenvalue weighted by atomic mass is 10.1. The van der Waals surface area contributed by atoms with E-state index >= 15 is 0 Å². The minimum absolute atomic E-state index is 0.240. The van der Waals surface area contributed by atoms with E-state index in [4.69, 9.17) is 5.73 Å². The first-order valence-electron chi connectivity index (χ1n) is 6.00. The molecule has 0 saturated heterocycles. The van der Waals surface area contributed by atoms with Gasteiger partial charge in [0.2, 0.25) is 5.91 Å². The highest BCUT2D eigenvalue weighted by Crippen LogP contribution is 2.08. The third kappa shape index (κ3) is 3.38. The molecule has 6 nitrogen and oxygen atoms in total. The molecule has 1 amide bonds. The average Bonchev–Trinajstić information content (AvgIpc) is 2.82. The maximum absolute atomic E-state index is 11.9. The van der Waals surface area contributed by atoms with E-state index < -0.39 is 6.04 Å². The molecule has 6 heteroatoms. The van der Waals surface area contributed by atoms with Crippen LogP contribution in [0.4, 0.5) is 0 Å². The minimum Gasteiger partial charge on any atom is -0.349 e. The summed E-state index contributed by atoms with van der Waals surface area (Å²) < 4.78 is 1.62. The number of nitrogens with zero attached hydrogens (tertiary/aromatic N) is 3. The molecule has 100 valence electrons. The van der Waals surface area contributed by atoms with Gasteiger partial charge in [0.15, 0.2) is 0 Å². The lowest BCUT2D eigenvalue weighted by molar-refractivity contribution is -0.122. The maximum atomic E-state index is 11.9. The summed E-state index contributed by atoms with van der Waals surface area (Å²) >= 11 is 0. The first-order valence-corrected chi connectivity index (χ1v) is 6.00. The summed E-state index contributed by atoms with van der Waals surface area (Å²) in [6.07, 6.45) is 3.32. The van der Waals surface area contributed by atoms with Crippen molar-refractivity contribution in [2.75, 3.05) is 0 Å². The largest absolute Gasteiger partial charge is 0.349 e. The first kappa shape index (κ1) is 13.2. The summed E-state index contributed by atoms with van der Waals surface area (Å²) in [5, 5.41) is 6.76. The Labute approximate surface area is 111 Å². The number of nitrogens with one attached hydrogen (secondary N) is 1. The zero-order chi connectivity index (χ0) is 13.8. The van der Waals surface area contributed by atoms with E-state index in [9.17, 15) is 4.79 Å². The van der Waals surface area contributed by atoms with Crippen LogP contribution >= 0.6 is 0 Å². The number of amides is 1. The van der Waals surface area contributed by atoms with Crippen LogP contribution in [0.25, 0.3) is 0 Å². The van der Waals surface area contributed by atoms with Gasteiger partial charge in [-0.25, -0.2) is 0 Å². The molecule has 3 N–H and O–H groups in total. The van der Waals surface area contributed by atoms with Gasteiger partial charge in [-0.15, -0.1) is 0 Å². The Hall–Kier alpha value is -2.21. The van der Waals surface area contributed by atoms with Crippen molar-refractivity contribution in [1.29, 1.82) is 0 Å². The van der Waals surface area contributed by atoms with Crippen LogP contribution in [0.15, 0.2) is 30.6 Å². The van der Waals surface area contributed by atoms with Crippen molar-refractivity contribution in [2.24, 2.45) is 12.8 Å². The number of rotatable bonds is 4. The molecule has 0 aliphatic rings. The van der Waals surface area contributed by atoms with Gasteiger partial charge in [-0.05, 0) is 19.1 Å². The number of pyridine rings is 1. The summed E-state index contributed by atoms with van der Waals surface area (Å²) in [5.41, 5.74) is 8.28. The molecule has 2 aromatic heterocycles. The number of nitrogens with two attached hydrogens (primary N) is 1. The van der Waals surface area contributed by atoms with Gasteiger partial charge < -0.3 is 11.1 Å². The first-order chi connectivity index (χ1) is 9.06. The van der Waals surface area contributed by atoms with Gasteiger partial charge in [-0.2, -0.15) is 5.10 Å². The monoisotopic (exact) mass is 259 g/mol. The zero-order valence-electron chi connectivity index (χ0n) is 11.0. The molecule has 1 atom stereocenters. The molecule has 0 aromatic carbocycles. The molecular formula is C13H17N5O. The van der Waals surface area contributed by atoms with Crippen molar-refractivity contribution >= 4 is 5.91 Å². The van der Waals surface area contributed by atoms with Crippen LogP contribution in [0, 0.1) is 6.92 Å². The predicted molar refractivity (Wildman–Crippen MR) is 71.0 cm³/mol. The van der Waals surface area contributed by atoms with Crippen molar-refractivity contribution < 1.29 is 4.79 Å². The summed E-state index contributed by atoms with van der Waals surface area (Å²) in [4.78, 5) is 16.2. The standard InChI is InChI=1S/C13H17N5O/c1-9-4-3-5-11(17-9)7-15-13(19)12(14)10-6-16-18(2)8-10/h3-6,8,12H,7,14H2,1-2H3,(H,15,19). The molecule has 0 spiro atoms. The molecule has 0 bridgehead atoms. The molecule has 1 unspecified atom stereocenters. The number of hydrogen-bond donors (Lipinski definition) is 2. The van der Waals surface area contributed by atoms with Crippen LogP contribution in [0.2, 0.25) is 0 Å². The Morgan fingerprint density at radius 1 is 1.53 bits per heavy atom. The van der Waals surface area contributed by atoms with Gasteiger partial charge in [-0.1, -0.05) is 6.07 Å². The Morgan fingerprint density at radius 2 is 2.32 bits per heavy atom. The normalized spacial score (nSPS) is 12.2. The molecule has 0 aliphatic carbocycles. The van der Waals surface area contributed by atoms with Gasteiger partial charge in [0.25, 0.3) is 0 Å². The van der Waals surface area contributed by atoms with Crippen molar-refractivity contribution in [1.82, 2.24) is 20.1 Å². The average molecular weight is 259 g/mol. The van der Waals surface area contributed by atoms with Gasteiger partial charge in [-0.3, -0.25) is 14.5 Å². The second-order valence-electron chi connectivity index (χ2n) is 4.41. The lowest BCUT2D eigenvalue weighted by Gasteiger charge is -2.10. The highest BCUT2D eigenvalue weighted by atomic mass is 16.2. The second-order valence-corrected chi connectivity index (χ2v) is 4.41. The van der Waals surface area contributed by atoms with E-state index in [1.807, 2.05) is 25.1 Å². The number of aryl methyl sites for hydroxylation is 2. The fourth-order valence-corrected chi connectivity index (χ4v) is 1.74. The van der Waals surface area contributed by atoms with Crippen molar-refractivity contribution in [2.45, 2.75) is 19.5 Å². The van der Waals surface area contributed by atoms with Gasteiger partial charge in [0.1, 0.15) is 6.04 Å². The Bertz CT molecular complexity index is 578. The highest BCUT2D eigenvalue weighted by Gasteiger charge is 2.16. The van der Waals surface area contributed by atoms with Crippen LogP contribution in [0.3, 0.4) is 0 Å². The Balaban J connectivity index is 1.94. The third-order valence-corrected chi connectivity index (χ3v) is 2.76. The molecule has 0 radical (unpaired) electrons.